The van der Waals surface area contributed by atoms with Crippen LogP contribution in [-0.4, -0.2) is 21.2 Å². The number of aromatic carboxylic acids is 1. The molecule has 3 rings (SSSR count). The lowest BCUT2D eigenvalue weighted by atomic mass is 10.0. The van der Waals surface area contributed by atoms with Gasteiger partial charge in [-0.3, -0.25) is 4.98 Å². The van der Waals surface area contributed by atoms with Gasteiger partial charge in [0.15, 0.2) is 5.76 Å². The maximum absolute atomic E-state index is 11.5. The average molecular weight is 347 g/mol. The molecule has 0 aliphatic carbocycles. The third kappa shape index (κ3) is 2.21. The van der Waals surface area contributed by atoms with Crippen molar-refractivity contribution in [3.05, 3.63) is 46.3 Å². The molecule has 0 aliphatic heterocycles. The molecule has 3 aromatic rings. The molecule has 21 heavy (non-hydrogen) atoms. The summed E-state index contributed by atoms with van der Waals surface area (Å²) in [5, 5.41) is 14.3. The molecule has 2 aromatic heterocycles. The minimum absolute atomic E-state index is 0.103. The van der Waals surface area contributed by atoms with Crippen LogP contribution in [0, 0.1) is 0 Å². The number of aromatic nitrogens is 2. The predicted molar refractivity (Wildman–Crippen MR) is 81.3 cm³/mol. The Labute approximate surface area is 128 Å². The molecule has 0 aliphatic rings. The van der Waals surface area contributed by atoms with Crippen molar-refractivity contribution in [3.8, 4) is 11.3 Å². The number of benzene rings is 1. The third-order valence-corrected chi connectivity index (χ3v) is 3.96. The van der Waals surface area contributed by atoms with Crippen LogP contribution >= 0.6 is 15.9 Å². The van der Waals surface area contributed by atoms with Crippen molar-refractivity contribution in [1.82, 2.24) is 10.1 Å². The topological polar surface area (TPSA) is 76.2 Å². The van der Waals surface area contributed by atoms with Gasteiger partial charge in [-0.1, -0.05) is 34.1 Å². The Morgan fingerprint density at radius 2 is 2.19 bits per heavy atom. The predicted octanol–water partition coefficient (Wildman–Crippen LogP) is 3.91. The Kier molecular flexibility index (Phi) is 3.47. The first-order chi connectivity index (χ1) is 10.1. The van der Waals surface area contributed by atoms with Gasteiger partial charge in [-0.25, -0.2) is 4.79 Å². The van der Waals surface area contributed by atoms with Crippen LogP contribution in [0.5, 0.6) is 0 Å². The van der Waals surface area contributed by atoms with Crippen LogP contribution in [0.1, 0.15) is 23.0 Å². The van der Waals surface area contributed by atoms with E-state index in [1.807, 2.05) is 25.1 Å². The van der Waals surface area contributed by atoms with Gasteiger partial charge in [-0.05, 0) is 18.2 Å². The zero-order valence-corrected chi connectivity index (χ0v) is 12.7. The number of halogens is 1. The number of pyridine rings is 1. The van der Waals surface area contributed by atoms with E-state index in [9.17, 15) is 9.90 Å². The molecule has 106 valence electrons. The number of rotatable bonds is 3. The molecule has 0 saturated heterocycles. The van der Waals surface area contributed by atoms with Crippen LogP contribution in [0.25, 0.3) is 22.2 Å². The summed E-state index contributed by atoms with van der Waals surface area (Å²) < 4.78 is 6.06. The number of hydrogen-bond donors (Lipinski definition) is 1. The molecule has 0 bridgehead atoms. The van der Waals surface area contributed by atoms with Crippen molar-refractivity contribution in [2.45, 2.75) is 13.3 Å². The van der Waals surface area contributed by atoms with Gasteiger partial charge in [-0.2, -0.15) is 0 Å². The maximum atomic E-state index is 11.5. The lowest BCUT2D eigenvalue weighted by Crippen LogP contribution is -2.01. The minimum Gasteiger partial charge on any atom is -0.477 e. The summed E-state index contributed by atoms with van der Waals surface area (Å²) in [6, 6.07) is 7.39. The number of aryl methyl sites for hydroxylation is 1. The highest BCUT2D eigenvalue weighted by Crippen LogP contribution is 2.34. The van der Waals surface area contributed by atoms with E-state index in [2.05, 4.69) is 26.1 Å². The summed E-state index contributed by atoms with van der Waals surface area (Å²) in [5.41, 5.74) is 1.75. The molecule has 2 heterocycles. The monoisotopic (exact) mass is 346 g/mol. The van der Waals surface area contributed by atoms with Crippen molar-refractivity contribution >= 4 is 32.8 Å². The summed E-state index contributed by atoms with van der Waals surface area (Å²) >= 11 is 3.47. The van der Waals surface area contributed by atoms with Crippen LogP contribution in [0.4, 0.5) is 0 Å². The number of carboxylic acid groups (broad SMARTS) is 1. The van der Waals surface area contributed by atoms with Crippen LogP contribution in [0.2, 0.25) is 0 Å². The van der Waals surface area contributed by atoms with E-state index in [1.165, 1.54) is 0 Å². The number of carbonyl (C=O) groups is 1. The van der Waals surface area contributed by atoms with E-state index in [-0.39, 0.29) is 5.56 Å². The highest BCUT2D eigenvalue weighted by molar-refractivity contribution is 9.10. The summed E-state index contributed by atoms with van der Waals surface area (Å²) in [6.07, 6.45) is 2.13. The van der Waals surface area contributed by atoms with Crippen molar-refractivity contribution in [3.63, 3.8) is 0 Å². The summed E-state index contributed by atoms with van der Waals surface area (Å²) in [4.78, 5) is 15.9. The van der Waals surface area contributed by atoms with E-state index in [0.29, 0.717) is 29.0 Å². The summed E-state index contributed by atoms with van der Waals surface area (Å²) in [7, 11) is 0. The Morgan fingerprint density at radius 1 is 1.38 bits per heavy atom. The van der Waals surface area contributed by atoms with Crippen molar-refractivity contribution in [1.29, 1.82) is 0 Å². The normalized spacial score (nSPS) is 11.0. The molecule has 1 aromatic carbocycles. The first kappa shape index (κ1) is 13.8. The van der Waals surface area contributed by atoms with E-state index in [1.54, 1.807) is 12.3 Å². The van der Waals surface area contributed by atoms with Crippen LogP contribution in [-0.2, 0) is 6.42 Å². The lowest BCUT2D eigenvalue weighted by molar-refractivity contribution is 0.0695. The molecular weight excluding hydrogens is 336 g/mol. The number of hydrogen-bond acceptors (Lipinski definition) is 4. The van der Waals surface area contributed by atoms with Gasteiger partial charge in [0.2, 0.25) is 0 Å². The summed E-state index contributed by atoms with van der Waals surface area (Å²) in [5.74, 6) is -0.681. The number of carboxylic acids is 1. The zero-order chi connectivity index (χ0) is 15.0. The van der Waals surface area contributed by atoms with Gasteiger partial charge in [0.1, 0.15) is 11.3 Å². The van der Waals surface area contributed by atoms with Crippen molar-refractivity contribution in [2.24, 2.45) is 0 Å². The van der Waals surface area contributed by atoms with Crippen LogP contribution in [0.3, 0.4) is 0 Å². The molecule has 0 atom stereocenters. The standard InChI is InChI=1S/C15H11BrN2O3/c1-2-11-12(15(19)20)14(18-21-11)9-5-6-10(16)8-4-3-7-17-13(8)9/h3-7H,2H2,1H3,(H,19,20). The Hall–Kier alpha value is -2.21. The van der Waals surface area contributed by atoms with Crippen LogP contribution in [0.15, 0.2) is 39.5 Å². The fraction of sp³-hybridized carbons (Fsp3) is 0.133. The maximum Gasteiger partial charge on any atom is 0.341 e. The van der Waals surface area contributed by atoms with Gasteiger partial charge in [0, 0.05) is 28.0 Å². The van der Waals surface area contributed by atoms with Gasteiger partial charge in [-0.15, -0.1) is 0 Å². The first-order valence-electron chi connectivity index (χ1n) is 6.39. The first-order valence-corrected chi connectivity index (χ1v) is 7.18. The van der Waals surface area contributed by atoms with Gasteiger partial charge < -0.3 is 9.63 Å². The second kappa shape index (κ2) is 5.29. The minimum atomic E-state index is -1.05. The largest absolute Gasteiger partial charge is 0.477 e. The van der Waals surface area contributed by atoms with Gasteiger partial charge >= 0.3 is 5.97 Å². The van der Waals surface area contributed by atoms with E-state index >= 15 is 0 Å². The molecule has 1 N–H and O–H groups in total. The molecule has 0 spiro atoms. The second-order valence-corrected chi connectivity index (χ2v) is 5.34. The smallest absolute Gasteiger partial charge is 0.341 e. The molecule has 6 heteroatoms. The van der Waals surface area contributed by atoms with Gasteiger partial charge in [0.05, 0.1) is 5.52 Å². The van der Waals surface area contributed by atoms with Crippen molar-refractivity contribution in [2.75, 3.05) is 0 Å². The SMILES string of the molecule is CCc1onc(-c2ccc(Br)c3cccnc23)c1C(=O)O. The quantitative estimate of drug-likeness (QED) is 0.777. The Balaban J connectivity index is 2.34. The zero-order valence-electron chi connectivity index (χ0n) is 11.1. The fourth-order valence-corrected chi connectivity index (χ4v) is 2.75. The molecule has 0 saturated carbocycles. The molecule has 5 nitrogen and oxygen atoms in total. The summed E-state index contributed by atoms with van der Waals surface area (Å²) in [6.45, 7) is 1.83. The van der Waals surface area contributed by atoms with Gasteiger partial charge in [0.25, 0.3) is 0 Å². The molecule has 0 fully saturated rings. The average Bonchev–Trinajstić information content (AvgIpc) is 2.92. The fourth-order valence-electron chi connectivity index (χ4n) is 2.30. The van der Waals surface area contributed by atoms with E-state index in [0.717, 1.165) is 9.86 Å². The lowest BCUT2D eigenvalue weighted by Gasteiger charge is -2.05. The Morgan fingerprint density at radius 3 is 2.90 bits per heavy atom. The number of fused-ring (bicyclic) bond motifs is 1. The second-order valence-electron chi connectivity index (χ2n) is 4.48. The number of nitrogens with zero attached hydrogens (tertiary/aromatic N) is 2. The highest BCUT2D eigenvalue weighted by atomic mass is 79.9. The Bertz CT molecular complexity index is 842. The third-order valence-electron chi connectivity index (χ3n) is 3.27. The van der Waals surface area contributed by atoms with E-state index < -0.39 is 5.97 Å². The van der Waals surface area contributed by atoms with Crippen molar-refractivity contribution < 1.29 is 14.4 Å². The molecule has 0 amide bonds. The molecule has 0 unspecified atom stereocenters. The van der Waals surface area contributed by atoms with E-state index in [4.69, 9.17) is 4.52 Å². The molecular formula is C15H11BrN2O3. The molecule has 0 radical (unpaired) electrons. The van der Waals surface area contributed by atoms with Crippen LogP contribution < -0.4 is 0 Å². The highest BCUT2D eigenvalue weighted by Gasteiger charge is 2.24.